The molecule has 24 heavy (non-hydrogen) atoms. The quantitative estimate of drug-likeness (QED) is 0.597. The maximum absolute atomic E-state index is 10.6. The Labute approximate surface area is 138 Å². The number of aromatic nitrogens is 2. The Hall–Kier alpha value is -2.86. The number of anilines is 1. The van der Waals surface area contributed by atoms with Gasteiger partial charge in [0, 0.05) is 5.39 Å². The van der Waals surface area contributed by atoms with Gasteiger partial charge >= 0.3 is 0 Å². The second-order valence-electron chi connectivity index (χ2n) is 6.04. The van der Waals surface area contributed by atoms with Crippen LogP contribution in [0.1, 0.15) is 18.4 Å². The van der Waals surface area contributed by atoms with Crippen molar-refractivity contribution >= 4 is 27.9 Å². The zero-order valence-corrected chi connectivity index (χ0v) is 13.4. The van der Waals surface area contributed by atoms with Crippen LogP contribution in [-0.2, 0) is 5.60 Å². The zero-order valence-electron chi connectivity index (χ0n) is 13.4. The van der Waals surface area contributed by atoms with Gasteiger partial charge in [0.25, 0.3) is 0 Å². The van der Waals surface area contributed by atoms with Crippen molar-refractivity contribution in [2.75, 3.05) is 11.9 Å². The van der Waals surface area contributed by atoms with Crippen molar-refractivity contribution in [1.82, 2.24) is 9.97 Å². The van der Waals surface area contributed by atoms with Crippen molar-refractivity contribution in [3.63, 3.8) is 0 Å². The molecule has 0 saturated carbocycles. The molecular weight excluding hydrogens is 306 g/mol. The fraction of sp³-hybridized carbons (Fsp3) is 0.222. The lowest BCUT2D eigenvalue weighted by Gasteiger charge is -2.21. The number of rotatable bonds is 4. The molecule has 4 rings (SSSR count). The smallest absolute Gasteiger partial charge is 0.196 e. The van der Waals surface area contributed by atoms with E-state index in [2.05, 4.69) is 15.3 Å². The Morgan fingerprint density at radius 2 is 1.96 bits per heavy atom. The molecule has 0 radical (unpaired) electrons. The molecule has 1 aromatic carbocycles. The van der Waals surface area contributed by atoms with E-state index in [4.69, 9.17) is 8.83 Å². The zero-order chi connectivity index (χ0) is 16.7. The van der Waals surface area contributed by atoms with Crippen molar-refractivity contribution in [3.8, 4) is 0 Å². The summed E-state index contributed by atoms with van der Waals surface area (Å²) in [6.45, 7) is 3.76. The molecule has 0 bridgehead atoms. The third kappa shape index (κ3) is 2.41. The highest BCUT2D eigenvalue weighted by molar-refractivity contribution is 6.05. The molecule has 0 aliphatic heterocycles. The van der Waals surface area contributed by atoms with Gasteiger partial charge in [-0.05, 0) is 38.1 Å². The first kappa shape index (κ1) is 14.7. The van der Waals surface area contributed by atoms with E-state index in [0.29, 0.717) is 17.2 Å². The first-order valence-corrected chi connectivity index (χ1v) is 7.70. The van der Waals surface area contributed by atoms with E-state index in [0.717, 1.165) is 22.2 Å². The van der Waals surface area contributed by atoms with E-state index in [9.17, 15) is 5.11 Å². The third-order valence-corrected chi connectivity index (χ3v) is 4.03. The van der Waals surface area contributed by atoms with E-state index in [1.807, 2.05) is 37.3 Å². The molecular formula is C18H17N3O3. The Kier molecular flexibility index (Phi) is 3.28. The number of fused-ring (bicyclic) bond motifs is 3. The predicted molar refractivity (Wildman–Crippen MR) is 90.8 cm³/mol. The van der Waals surface area contributed by atoms with Crippen LogP contribution < -0.4 is 5.32 Å². The van der Waals surface area contributed by atoms with Gasteiger partial charge in [-0.15, -0.1) is 0 Å². The van der Waals surface area contributed by atoms with Crippen LogP contribution in [-0.4, -0.2) is 21.6 Å². The number of hydrogen-bond donors (Lipinski definition) is 2. The summed E-state index contributed by atoms with van der Waals surface area (Å²) in [6, 6.07) is 11.3. The van der Waals surface area contributed by atoms with Crippen molar-refractivity contribution in [2.45, 2.75) is 19.4 Å². The molecule has 1 atom stereocenters. The number of benzene rings is 1. The maximum Gasteiger partial charge on any atom is 0.196 e. The Morgan fingerprint density at radius 1 is 1.12 bits per heavy atom. The highest BCUT2D eigenvalue weighted by Crippen LogP contribution is 2.31. The summed E-state index contributed by atoms with van der Waals surface area (Å²) in [5.74, 6) is 1.80. The molecule has 0 fully saturated rings. The number of aryl methyl sites for hydroxylation is 1. The van der Waals surface area contributed by atoms with Crippen LogP contribution >= 0.6 is 0 Å². The Morgan fingerprint density at radius 3 is 2.75 bits per heavy atom. The topological polar surface area (TPSA) is 84.3 Å². The summed E-state index contributed by atoms with van der Waals surface area (Å²) >= 11 is 0. The van der Waals surface area contributed by atoms with Gasteiger partial charge in [0.05, 0.1) is 6.54 Å². The lowest BCUT2D eigenvalue weighted by Crippen LogP contribution is -2.30. The number of aliphatic hydroxyl groups is 1. The second-order valence-corrected chi connectivity index (χ2v) is 6.04. The maximum atomic E-state index is 10.6. The van der Waals surface area contributed by atoms with Crippen LogP contribution in [0.2, 0.25) is 0 Å². The van der Waals surface area contributed by atoms with Gasteiger partial charge in [-0.2, -0.15) is 0 Å². The summed E-state index contributed by atoms with van der Waals surface area (Å²) < 4.78 is 11.4. The molecule has 6 heteroatoms. The van der Waals surface area contributed by atoms with Gasteiger partial charge < -0.3 is 19.3 Å². The average Bonchev–Trinajstić information content (AvgIpc) is 3.17. The SMILES string of the molecule is Cc1ccc(C(C)(O)CNc2ncnc3c2oc2ccccc23)o1. The van der Waals surface area contributed by atoms with Crippen molar-refractivity contribution in [3.05, 3.63) is 54.2 Å². The average molecular weight is 323 g/mol. The number of nitrogens with zero attached hydrogens (tertiary/aromatic N) is 2. The molecule has 0 aliphatic carbocycles. The minimum absolute atomic E-state index is 0.225. The van der Waals surface area contributed by atoms with Gasteiger partial charge in [-0.25, -0.2) is 9.97 Å². The van der Waals surface area contributed by atoms with Gasteiger partial charge in [0.1, 0.15) is 34.5 Å². The van der Waals surface area contributed by atoms with Crippen LogP contribution in [0.25, 0.3) is 22.1 Å². The molecule has 3 aromatic heterocycles. The molecule has 122 valence electrons. The highest BCUT2D eigenvalue weighted by atomic mass is 16.4. The van der Waals surface area contributed by atoms with E-state index in [1.54, 1.807) is 13.0 Å². The van der Waals surface area contributed by atoms with E-state index >= 15 is 0 Å². The molecule has 3 heterocycles. The fourth-order valence-electron chi connectivity index (χ4n) is 2.72. The van der Waals surface area contributed by atoms with Crippen molar-refractivity contribution < 1.29 is 13.9 Å². The lowest BCUT2D eigenvalue weighted by atomic mass is 10.0. The molecule has 4 aromatic rings. The third-order valence-electron chi connectivity index (χ3n) is 4.03. The van der Waals surface area contributed by atoms with E-state index < -0.39 is 5.60 Å². The first-order valence-electron chi connectivity index (χ1n) is 7.70. The van der Waals surface area contributed by atoms with Gasteiger partial charge in [-0.1, -0.05) is 12.1 Å². The van der Waals surface area contributed by atoms with Crippen molar-refractivity contribution in [2.24, 2.45) is 0 Å². The minimum Gasteiger partial charge on any atom is -0.463 e. The number of para-hydroxylation sites is 1. The predicted octanol–water partition coefficient (Wildman–Crippen LogP) is 3.60. The molecule has 6 nitrogen and oxygen atoms in total. The van der Waals surface area contributed by atoms with Crippen LogP contribution in [0.15, 0.2) is 51.6 Å². The highest BCUT2D eigenvalue weighted by Gasteiger charge is 2.27. The lowest BCUT2D eigenvalue weighted by molar-refractivity contribution is 0.0467. The van der Waals surface area contributed by atoms with Gasteiger partial charge in [-0.3, -0.25) is 0 Å². The monoisotopic (exact) mass is 323 g/mol. The van der Waals surface area contributed by atoms with Gasteiger partial charge in [0.2, 0.25) is 0 Å². The first-order chi connectivity index (χ1) is 11.5. The standard InChI is InChI=1S/C18H17N3O3/c1-11-7-8-14(23-11)18(2,22)9-19-17-16-15(20-10-21-17)12-5-3-4-6-13(12)24-16/h3-8,10,22H,9H2,1-2H3,(H,19,20,21). The van der Waals surface area contributed by atoms with Gasteiger partial charge in [0.15, 0.2) is 11.4 Å². The normalized spacial score (nSPS) is 14.1. The summed E-state index contributed by atoms with van der Waals surface area (Å²) in [5.41, 5.74) is 0.906. The number of hydrogen-bond acceptors (Lipinski definition) is 6. The Bertz CT molecular complexity index is 1020. The summed E-state index contributed by atoms with van der Waals surface area (Å²) in [5, 5.41) is 14.7. The molecule has 1 unspecified atom stereocenters. The van der Waals surface area contributed by atoms with Crippen LogP contribution in [0.5, 0.6) is 0 Å². The molecule has 0 amide bonds. The summed E-state index contributed by atoms with van der Waals surface area (Å²) in [7, 11) is 0. The van der Waals surface area contributed by atoms with Crippen LogP contribution in [0.4, 0.5) is 5.82 Å². The molecule has 2 N–H and O–H groups in total. The summed E-state index contributed by atoms with van der Waals surface area (Å²) in [4.78, 5) is 8.56. The molecule has 0 saturated heterocycles. The second kappa shape index (κ2) is 5.35. The van der Waals surface area contributed by atoms with E-state index in [-0.39, 0.29) is 6.54 Å². The number of furan rings is 2. The summed E-state index contributed by atoms with van der Waals surface area (Å²) in [6.07, 6.45) is 1.48. The van der Waals surface area contributed by atoms with Crippen LogP contribution in [0.3, 0.4) is 0 Å². The van der Waals surface area contributed by atoms with E-state index in [1.165, 1.54) is 6.33 Å². The molecule has 0 aliphatic rings. The molecule has 0 spiro atoms. The van der Waals surface area contributed by atoms with Crippen LogP contribution in [0, 0.1) is 6.92 Å². The number of nitrogens with one attached hydrogen (secondary N) is 1. The minimum atomic E-state index is -1.17. The fourth-order valence-corrected chi connectivity index (χ4v) is 2.72. The Balaban J connectivity index is 1.67. The van der Waals surface area contributed by atoms with Crippen molar-refractivity contribution in [1.29, 1.82) is 0 Å². The largest absolute Gasteiger partial charge is 0.463 e.